The summed E-state index contributed by atoms with van der Waals surface area (Å²) in [4.78, 5) is 11.2. The Bertz CT molecular complexity index is 436. The molecule has 6 heteroatoms. The monoisotopic (exact) mass is 249 g/mol. The third-order valence-electron chi connectivity index (χ3n) is 1.88. The van der Waals surface area contributed by atoms with Gasteiger partial charge in [0.25, 0.3) is 5.56 Å². The zero-order valence-electron chi connectivity index (χ0n) is 8.24. The molecule has 88 valence electrons. The van der Waals surface area contributed by atoms with Crippen molar-refractivity contribution in [2.24, 2.45) is 0 Å². The second-order valence-electron chi connectivity index (χ2n) is 3.06. The third kappa shape index (κ3) is 3.44. The van der Waals surface area contributed by atoms with Crippen LogP contribution in [0.2, 0.25) is 0 Å². The van der Waals surface area contributed by atoms with Gasteiger partial charge in [0, 0.05) is 24.6 Å². The van der Waals surface area contributed by atoms with Gasteiger partial charge < -0.3 is 4.57 Å². The predicted octanol–water partition coefficient (Wildman–Crippen LogP) is 2.35. The molecule has 1 heterocycles. The summed E-state index contributed by atoms with van der Waals surface area (Å²) in [5.74, 6) is 0.480. The molecule has 0 spiro atoms. The molecule has 1 rings (SSSR count). The fourth-order valence-electron chi connectivity index (χ4n) is 1.10. The van der Waals surface area contributed by atoms with Crippen LogP contribution >= 0.6 is 12.6 Å². The minimum Gasteiger partial charge on any atom is -0.311 e. The van der Waals surface area contributed by atoms with Gasteiger partial charge in [0.1, 0.15) is 0 Å². The zero-order chi connectivity index (χ0) is 12.2. The van der Waals surface area contributed by atoms with E-state index in [1.165, 1.54) is 0 Å². The van der Waals surface area contributed by atoms with Gasteiger partial charge in [-0.3, -0.25) is 4.79 Å². The standard InChI is InChI=1S/C10H10F3NOS/c11-10(12,13)8-3-4-9(15)14(7-8)5-1-2-6-16/h1-4,7,16H,5-6H2. The van der Waals surface area contributed by atoms with Crippen molar-refractivity contribution in [3.63, 3.8) is 0 Å². The molecule has 16 heavy (non-hydrogen) atoms. The summed E-state index contributed by atoms with van der Waals surface area (Å²) in [6, 6.07) is 1.69. The van der Waals surface area contributed by atoms with E-state index < -0.39 is 17.3 Å². The molecule has 0 bridgehead atoms. The van der Waals surface area contributed by atoms with Crippen LogP contribution in [0, 0.1) is 0 Å². The molecule has 0 unspecified atom stereocenters. The average Bonchev–Trinajstić information content (AvgIpc) is 2.19. The van der Waals surface area contributed by atoms with Gasteiger partial charge in [0.15, 0.2) is 0 Å². The summed E-state index contributed by atoms with van der Waals surface area (Å²) in [7, 11) is 0. The number of hydrogen-bond donors (Lipinski definition) is 1. The Morgan fingerprint density at radius 2 is 2.00 bits per heavy atom. The number of thiol groups is 1. The van der Waals surface area contributed by atoms with E-state index in [2.05, 4.69) is 12.6 Å². The molecule has 0 fully saturated rings. The van der Waals surface area contributed by atoms with E-state index in [1.54, 1.807) is 12.2 Å². The van der Waals surface area contributed by atoms with Crippen molar-refractivity contribution in [2.75, 3.05) is 5.75 Å². The highest BCUT2D eigenvalue weighted by molar-refractivity contribution is 7.80. The highest BCUT2D eigenvalue weighted by Crippen LogP contribution is 2.27. The van der Waals surface area contributed by atoms with E-state index in [4.69, 9.17) is 0 Å². The molecule has 1 aromatic heterocycles. The van der Waals surface area contributed by atoms with Crippen LogP contribution in [-0.2, 0) is 12.7 Å². The Kier molecular flexibility index (Phi) is 4.23. The number of aromatic nitrogens is 1. The molecule has 0 atom stereocenters. The largest absolute Gasteiger partial charge is 0.417 e. The summed E-state index contributed by atoms with van der Waals surface area (Å²) in [5, 5.41) is 0. The topological polar surface area (TPSA) is 22.0 Å². The van der Waals surface area contributed by atoms with Crippen LogP contribution in [0.5, 0.6) is 0 Å². The van der Waals surface area contributed by atoms with Gasteiger partial charge in [0.05, 0.1) is 5.56 Å². The van der Waals surface area contributed by atoms with Gasteiger partial charge in [0.2, 0.25) is 0 Å². The van der Waals surface area contributed by atoms with E-state index in [0.717, 1.165) is 22.9 Å². The molecule has 0 aliphatic rings. The van der Waals surface area contributed by atoms with E-state index in [1.807, 2.05) is 0 Å². The number of halogens is 3. The SMILES string of the molecule is O=c1ccc(C(F)(F)F)cn1CC=CCS. The highest BCUT2D eigenvalue weighted by atomic mass is 32.1. The van der Waals surface area contributed by atoms with Crippen molar-refractivity contribution in [2.45, 2.75) is 12.7 Å². The van der Waals surface area contributed by atoms with Crippen molar-refractivity contribution in [3.8, 4) is 0 Å². The van der Waals surface area contributed by atoms with Gasteiger partial charge in [-0.2, -0.15) is 25.8 Å². The van der Waals surface area contributed by atoms with E-state index in [0.29, 0.717) is 5.75 Å². The van der Waals surface area contributed by atoms with Crippen LogP contribution in [0.3, 0.4) is 0 Å². The third-order valence-corrected chi connectivity index (χ3v) is 2.10. The smallest absolute Gasteiger partial charge is 0.311 e. The number of allylic oxidation sites excluding steroid dienone is 1. The van der Waals surface area contributed by atoms with Gasteiger partial charge >= 0.3 is 6.18 Å². The molecule has 0 amide bonds. The lowest BCUT2D eigenvalue weighted by Crippen LogP contribution is -2.20. The van der Waals surface area contributed by atoms with Gasteiger partial charge in [-0.15, -0.1) is 0 Å². The van der Waals surface area contributed by atoms with Crippen molar-refractivity contribution in [3.05, 3.63) is 46.4 Å². The molecular formula is C10H10F3NOS. The first-order valence-corrected chi connectivity index (χ1v) is 5.12. The molecule has 0 saturated carbocycles. The Labute approximate surface area is 95.8 Å². The lowest BCUT2D eigenvalue weighted by Gasteiger charge is -2.08. The molecule has 0 radical (unpaired) electrons. The van der Waals surface area contributed by atoms with Gasteiger partial charge in [-0.1, -0.05) is 12.2 Å². The van der Waals surface area contributed by atoms with Crippen molar-refractivity contribution >= 4 is 12.6 Å². The first kappa shape index (κ1) is 12.9. The Balaban J connectivity index is 3.00. The molecular weight excluding hydrogens is 239 g/mol. The summed E-state index contributed by atoms with van der Waals surface area (Å²) < 4.78 is 38.0. The Hall–Kier alpha value is -1.17. The fraction of sp³-hybridized carbons (Fsp3) is 0.300. The number of nitrogens with zero attached hydrogens (tertiary/aromatic N) is 1. The highest BCUT2D eigenvalue weighted by Gasteiger charge is 2.30. The minimum atomic E-state index is -4.43. The number of pyridine rings is 1. The van der Waals surface area contributed by atoms with E-state index >= 15 is 0 Å². The van der Waals surface area contributed by atoms with Crippen LogP contribution in [0.4, 0.5) is 13.2 Å². The van der Waals surface area contributed by atoms with Crippen LogP contribution in [0.15, 0.2) is 35.3 Å². The quantitative estimate of drug-likeness (QED) is 0.644. The Morgan fingerprint density at radius 3 is 2.56 bits per heavy atom. The lowest BCUT2D eigenvalue weighted by atomic mass is 10.3. The zero-order valence-corrected chi connectivity index (χ0v) is 9.13. The molecule has 0 aliphatic carbocycles. The second kappa shape index (κ2) is 5.25. The maximum Gasteiger partial charge on any atom is 0.417 e. The maximum atomic E-state index is 12.3. The van der Waals surface area contributed by atoms with E-state index in [9.17, 15) is 18.0 Å². The summed E-state index contributed by atoms with van der Waals surface area (Å²) in [6.45, 7) is 0.114. The summed E-state index contributed by atoms with van der Waals surface area (Å²) >= 11 is 3.90. The second-order valence-corrected chi connectivity index (χ2v) is 3.43. The molecule has 1 aromatic rings. The van der Waals surface area contributed by atoms with Gasteiger partial charge in [-0.25, -0.2) is 0 Å². The Morgan fingerprint density at radius 1 is 1.31 bits per heavy atom. The first-order valence-electron chi connectivity index (χ1n) is 4.48. The summed E-state index contributed by atoms with van der Waals surface area (Å²) in [6.07, 6.45) is -0.363. The lowest BCUT2D eigenvalue weighted by molar-refractivity contribution is -0.138. The minimum absolute atomic E-state index is 0.114. The van der Waals surface area contributed by atoms with Crippen LogP contribution in [0.25, 0.3) is 0 Å². The van der Waals surface area contributed by atoms with Crippen molar-refractivity contribution in [1.29, 1.82) is 0 Å². The van der Waals surface area contributed by atoms with Crippen LogP contribution in [-0.4, -0.2) is 10.3 Å². The van der Waals surface area contributed by atoms with Crippen molar-refractivity contribution in [1.82, 2.24) is 4.57 Å². The first-order chi connectivity index (χ1) is 7.45. The number of alkyl halides is 3. The average molecular weight is 249 g/mol. The number of rotatable bonds is 3. The fourth-order valence-corrected chi connectivity index (χ4v) is 1.25. The molecule has 0 aliphatic heterocycles. The van der Waals surface area contributed by atoms with Crippen molar-refractivity contribution < 1.29 is 13.2 Å². The van der Waals surface area contributed by atoms with E-state index in [-0.39, 0.29) is 6.54 Å². The maximum absolute atomic E-state index is 12.3. The van der Waals surface area contributed by atoms with Crippen LogP contribution in [0.1, 0.15) is 5.56 Å². The normalized spacial score (nSPS) is 12.2. The predicted molar refractivity (Wildman–Crippen MR) is 58.7 cm³/mol. The molecule has 2 nitrogen and oxygen atoms in total. The molecule has 0 saturated heterocycles. The molecule has 0 N–H and O–H groups in total. The number of hydrogen-bond acceptors (Lipinski definition) is 2. The summed E-state index contributed by atoms with van der Waals surface area (Å²) in [5.41, 5.74) is -1.29. The molecule has 0 aromatic carbocycles. The van der Waals surface area contributed by atoms with Gasteiger partial charge in [-0.05, 0) is 6.07 Å². The van der Waals surface area contributed by atoms with Crippen LogP contribution < -0.4 is 5.56 Å².